The monoisotopic (exact) mass is 459 g/mol. The summed E-state index contributed by atoms with van der Waals surface area (Å²) in [6.07, 6.45) is 2.10. The molecule has 0 spiro atoms. The molecule has 0 bridgehead atoms. The van der Waals surface area contributed by atoms with Gasteiger partial charge in [0.15, 0.2) is 0 Å². The lowest BCUT2D eigenvalue weighted by atomic mass is 10.0. The minimum Gasteiger partial charge on any atom is -0.478 e. The van der Waals surface area contributed by atoms with Crippen LogP contribution >= 0.6 is 11.6 Å². The van der Waals surface area contributed by atoms with Crippen LogP contribution in [-0.4, -0.2) is 25.6 Å². The molecule has 0 amide bonds. The van der Waals surface area contributed by atoms with Crippen molar-refractivity contribution in [2.24, 2.45) is 0 Å². The van der Waals surface area contributed by atoms with Crippen LogP contribution in [0.2, 0.25) is 5.02 Å². The smallest absolute Gasteiger partial charge is 0.336 e. The van der Waals surface area contributed by atoms with Gasteiger partial charge in [0.05, 0.1) is 21.6 Å². The number of H-pyrrole nitrogens is 1. The number of imidazole rings is 1. The number of aromatic carboxylic acids is 1. The molecule has 0 aliphatic carbocycles. The average Bonchev–Trinajstić information content (AvgIpc) is 3.37. The first-order chi connectivity index (χ1) is 15.8. The number of aromatic nitrogens is 3. The molecule has 6 nitrogen and oxygen atoms in total. The lowest BCUT2D eigenvalue weighted by Gasteiger charge is -2.10. The Balaban J connectivity index is 1.50. The number of nitrogens with one attached hydrogen (secondary N) is 1. The van der Waals surface area contributed by atoms with Crippen LogP contribution in [0.25, 0.3) is 33.1 Å². The summed E-state index contributed by atoms with van der Waals surface area (Å²) in [5.74, 6) is -0.608. The fourth-order valence-electron chi connectivity index (χ4n) is 4.07. The second-order valence-corrected chi connectivity index (χ2v) is 8.77. The molecule has 0 aliphatic rings. The number of benzene rings is 3. The summed E-state index contributed by atoms with van der Waals surface area (Å²) in [4.78, 5) is 19.0. The molecule has 3 aromatic carbocycles. The second-order valence-electron chi connectivity index (χ2n) is 8.37. The Morgan fingerprint density at radius 1 is 1.12 bits per heavy atom. The van der Waals surface area contributed by atoms with Crippen molar-refractivity contribution in [2.75, 3.05) is 0 Å². The second kappa shape index (κ2) is 7.98. The predicted molar refractivity (Wildman–Crippen MR) is 131 cm³/mol. The Morgan fingerprint density at radius 2 is 1.94 bits per heavy atom. The third-order valence-electron chi connectivity index (χ3n) is 5.79. The van der Waals surface area contributed by atoms with Crippen molar-refractivity contribution in [3.05, 3.63) is 76.9 Å². The molecule has 0 saturated carbocycles. The van der Waals surface area contributed by atoms with Crippen LogP contribution in [0.5, 0.6) is 11.8 Å². The summed E-state index contributed by atoms with van der Waals surface area (Å²) in [5, 5.41) is 11.1. The summed E-state index contributed by atoms with van der Waals surface area (Å²) in [5.41, 5.74) is 5.36. The van der Waals surface area contributed by atoms with Gasteiger partial charge in [-0.25, -0.2) is 4.79 Å². The summed E-state index contributed by atoms with van der Waals surface area (Å²) < 4.78 is 8.04. The van der Waals surface area contributed by atoms with Crippen LogP contribution in [0.3, 0.4) is 0 Å². The number of hydrogen-bond acceptors (Lipinski definition) is 3. The fraction of sp³-hybridized carbons (Fsp3) is 0.154. The number of nitrogens with zero attached hydrogens (tertiary/aromatic N) is 2. The Hall–Kier alpha value is -3.77. The highest BCUT2D eigenvalue weighted by Crippen LogP contribution is 2.35. The van der Waals surface area contributed by atoms with E-state index >= 15 is 0 Å². The van der Waals surface area contributed by atoms with E-state index in [0.717, 1.165) is 22.0 Å². The fourth-order valence-corrected chi connectivity index (χ4v) is 4.34. The summed E-state index contributed by atoms with van der Waals surface area (Å²) in [6, 6.07) is 17.7. The molecule has 2 aromatic heterocycles. The summed E-state index contributed by atoms with van der Waals surface area (Å²) >= 11 is 6.63. The van der Waals surface area contributed by atoms with E-state index in [1.807, 2.05) is 12.1 Å². The van der Waals surface area contributed by atoms with E-state index in [0.29, 0.717) is 27.9 Å². The molecule has 166 valence electrons. The Labute approximate surface area is 195 Å². The van der Waals surface area contributed by atoms with E-state index < -0.39 is 5.97 Å². The standard InChI is InChI=1S/C26H22ClN3O3/c1-14(2)30-9-8-17-10-16(5-7-24(17)30)20-12-22-23(13-21(20)27)29-26(28-22)33-18-6-4-15(3)19(11-18)25(31)32/h4-14H,1-3H3,(H,28,29)(H,31,32). The number of carbonyl (C=O) groups is 1. The van der Waals surface area contributed by atoms with Gasteiger partial charge in [0.25, 0.3) is 6.01 Å². The van der Waals surface area contributed by atoms with E-state index in [4.69, 9.17) is 16.3 Å². The Kier molecular flexibility index (Phi) is 5.10. The van der Waals surface area contributed by atoms with Crippen molar-refractivity contribution in [3.8, 4) is 22.9 Å². The first kappa shape index (κ1) is 21.1. The maximum absolute atomic E-state index is 11.4. The van der Waals surface area contributed by atoms with Gasteiger partial charge in [-0.2, -0.15) is 4.98 Å². The number of aryl methyl sites for hydroxylation is 1. The van der Waals surface area contributed by atoms with Crippen LogP contribution in [0.1, 0.15) is 35.8 Å². The van der Waals surface area contributed by atoms with E-state index in [-0.39, 0.29) is 11.6 Å². The van der Waals surface area contributed by atoms with E-state index in [1.54, 1.807) is 19.1 Å². The van der Waals surface area contributed by atoms with Crippen molar-refractivity contribution in [3.63, 3.8) is 0 Å². The largest absolute Gasteiger partial charge is 0.478 e. The zero-order chi connectivity index (χ0) is 23.3. The zero-order valence-electron chi connectivity index (χ0n) is 18.4. The molecule has 7 heteroatoms. The number of hydrogen-bond donors (Lipinski definition) is 2. The van der Waals surface area contributed by atoms with Crippen LogP contribution in [0, 0.1) is 6.92 Å². The van der Waals surface area contributed by atoms with Gasteiger partial charge in [-0.3, -0.25) is 0 Å². The SMILES string of the molecule is Cc1ccc(Oc2nc3cc(-c4ccc5c(ccn5C(C)C)c4)c(Cl)cc3[nH]2)cc1C(=O)O. The molecule has 2 heterocycles. The van der Waals surface area contributed by atoms with Gasteiger partial charge in [-0.1, -0.05) is 23.7 Å². The quantitative estimate of drug-likeness (QED) is 0.291. The molecule has 0 radical (unpaired) electrons. The molecule has 0 atom stereocenters. The van der Waals surface area contributed by atoms with Crippen molar-refractivity contribution in [2.45, 2.75) is 26.8 Å². The minimum absolute atomic E-state index is 0.190. The molecule has 33 heavy (non-hydrogen) atoms. The minimum atomic E-state index is -1.00. The van der Waals surface area contributed by atoms with Crippen LogP contribution in [-0.2, 0) is 0 Å². The van der Waals surface area contributed by atoms with E-state index in [1.165, 1.54) is 11.6 Å². The third-order valence-corrected chi connectivity index (χ3v) is 6.10. The first-order valence-corrected chi connectivity index (χ1v) is 11.0. The van der Waals surface area contributed by atoms with Gasteiger partial charge in [0, 0.05) is 28.7 Å². The van der Waals surface area contributed by atoms with E-state index in [2.05, 4.69) is 58.8 Å². The molecular formula is C26H22ClN3O3. The zero-order valence-corrected chi connectivity index (χ0v) is 19.1. The van der Waals surface area contributed by atoms with Crippen LogP contribution < -0.4 is 4.74 Å². The first-order valence-electron chi connectivity index (χ1n) is 10.6. The Bertz CT molecular complexity index is 1530. The lowest BCUT2D eigenvalue weighted by Crippen LogP contribution is -2.00. The molecule has 0 unspecified atom stereocenters. The number of halogens is 1. The van der Waals surface area contributed by atoms with Crippen molar-refractivity contribution >= 4 is 39.5 Å². The van der Waals surface area contributed by atoms with Crippen molar-refractivity contribution in [1.82, 2.24) is 14.5 Å². The van der Waals surface area contributed by atoms with Crippen molar-refractivity contribution < 1.29 is 14.6 Å². The van der Waals surface area contributed by atoms with Gasteiger partial charge >= 0.3 is 5.97 Å². The number of carboxylic acid groups (broad SMARTS) is 1. The highest BCUT2D eigenvalue weighted by atomic mass is 35.5. The highest BCUT2D eigenvalue weighted by Gasteiger charge is 2.14. The topological polar surface area (TPSA) is 80.1 Å². The summed E-state index contributed by atoms with van der Waals surface area (Å²) in [6.45, 7) is 6.07. The molecule has 0 aliphatic heterocycles. The summed E-state index contributed by atoms with van der Waals surface area (Å²) in [7, 11) is 0. The molecule has 5 rings (SSSR count). The molecule has 5 aromatic rings. The van der Waals surface area contributed by atoms with Gasteiger partial charge in [0.1, 0.15) is 5.75 Å². The molecule has 2 N–H and O–H groups in total. The predicted octanol–water partition coefficient (Wildman–Crippen LogP) is 7.22. The van der Waals surface area contributed by atoms with E-state index in [9.17, 15) is 9.90 Å². The maximum Gasteiger partial charge on any atom is 0.336 e. The molecular weight excluding hydrogens is 438 g/mol. The number of carboxylic acids is 1. The molecule has 0 saturated heterocycles. The van der Waals surface area contributed by atoms with Crippen LogP contribution in [0.4, 0.5) is 0 Å². The lowest BCUT2D eigenvalue weighted by molar-refractivity contribution is 0.0695. The number of ether oxygens (including phenoxy) is 1. The normalized spacial score (nSPS) is 11.5. The molecule has 0 fully saturated rings. The van der Waals surface area contributed by atoms with Crippen LogP contribution in [0.15, 0.2) is 60.8 Å². The number of fused-ring (bicyclic) bond motifs is 2. The maximum atomic E-state index is 11.4. The van der Waals surface area contributed by atoms with Gasteiger partial charge < -0.3 is 19.4 Å². The van der Waals surface area contributed by atoms with Gasteiger partial charge in [0.2, 0.25) is 0 Å². The Morgan fingerprint density at radius 3 is 2.70 bits per heavy atom. The average molecular weight is 460 g/mol. The number of rotatable bonds is 5. The highest BCUT2D eigenvalue weighted by molar-refractivity contribution is 6.34. The van der Waals surface area contributed by atoms with Gasteiger partial charge in [-0.05, 0) is 74.4 Å². The van der Waals surface area contributed by atoms with Crippen molar-refractivity contribution in [1.29, 1.82) is 0 Å². The number of aromatic amines is 1. The third kappa shape index (κ3) is 3.83. The van der Waals surface area contributed by atoms with Gasteiger partial charge in [-0.15, -0.1) is 0 Å².